The molecule has 0 N–H and O–H groups in total. The van der Waals surface area contributed by atoms with E-state index in [0.29, 0.717) is 0 Å². The van der Waals surface area contributed by atoms with Gasteiger partial charge >= 0.3 is 0 Å². The molecule has 0 unspecified atom stereocenters. The van der Waals surface area contributed by atoms with E-state index in [1.165, 1.54) is 0 Å². The number of hydrogen-bond acceptors (Lipinski definition) is 3. The molecule has 0 spiro atoms. The predicted molar refractivity (Wildman–Crippen MR) is 72.7 cm³/mol. The van der Waals surface area contributed by atoms with Crippen molar-refractivity contribution in [2.75, 3.05) is 7.11 Å². The number of rotatable bonds is 2. The van der Waals surface area contributed by atoms with E-state index < -0.39 is 0 Å². The van der Waals surface area contributed by atoms with E-state index in [0.717, 1.165) is 22.7 Å². The number of aromatic nitrogens is 2. The van der Waals surface area contributed by atoms with Crippen molar-refractivity contribution in [1.29, 1.82) is 0 Å². The minimum atomic E-state index is 0.0244. The summed E-state index contributed by atoms with van der Waals surface area (Å²) < 4.78 is 5.23. The number of nitrogens with zero attached hydrogens (tertiary/aromatic N) is 2. The van der Waals surface area contributed by atoms with Crippen LogP contribution >= 0.6 is 0 Å². The van der Waals surface area contributed by atoms with Gasteiger partial charge in [-0.05, 0) is 18.2 Å². The molecule has 0 saturated heterocycles. The van der Waals surface area contributed by atoms with Crippen LogP contribution in [0.3, 0.4) is 0 Å². The lowest BCUT2D eigenvalue weighted by Gasteiger charge is -2.17. The summed E-state index contributed by atoms with van der Waals surface area (Å²) >= 11 is 0. The minimum absolute atomic E-state index is 0.0244. The van der Waals surface area contributed by atoms with E-state index in [2.05, 4.69) is 30.7 Å². The van der Waals surface area contributed by atoms with Gasteiger partial charge in [0.05, 0.1) is 12.8 Å². The molecule has 0 radical (unpaired) electrons. The molecule has 94 valence electrons. The first-order chi connectivity index (χ1) is 8.50. The first-order valence-corrected chi connectivity index (χ1v) is 5.97. The third-order valence-electron chi connectivity index (χ3n) is 2.80. The summed E-state index contributed by atoms with van der Waals surface area (Å²) in [6, 6.07) is 9.93. The highest BCUT2D eigenvalue weighted by atomic mass is 16.5. The van der Waals surface area contributed by atoms with Crippen LogP contribution in [0.2, 0.25) is 0 Å². The van der Waals surface area contributed by atoms with Gasteiger partial charge in [-0.1, -0.05) is 32.9 Å². The van der Waals surface area contributed by atoms with E-state index in [1.54, 1.807) is 13.4 Å². The van der Waals surface area contributed by atoms with Crippen LogP contribution in [0, 0.1) is 0 Å². The van der Waals surface area contributed by atoms with Crippen molar-refractivity contribution in [1.82, 2.24) is 9.97 Å². The van der Waals surface area contributed by atoms with E-state index >= 15 is 0 Å². The molecule has 0 amide bonds. The molecule has 1 heterocycles. The first-order valence-electron chi connectivity index (χ1n) is 5.97. The van der Waals surface area contributed by atoms with Crippen molar-refractivity contribution >= 4 is 0 Å². The van der Waals surface area contributed by atoms with Crippen LogP contribution in [-0.2, 0) is 5.41 Å². The second-order valence-electron chi connectivity index (χ2n) is 5.27. The van der Waals surface area contributed by atoms with Crippen LogP contribution in [0.5, 0.6) is 5.75 Å². The van der Waals surface area contributed by atoms with Crippen LogP contribution in [0.15, 0.2) is 36.7 Å². The van der Waals surface area contributed by atoms with Crippen LogP contribution in [0.1, 0.15) is 26.5 Å². The molecule has 18 heavy (non-hydrogen) atoms. The Kier molecular flexibility index (Phi) is 3.32. The Morgan fingerprint density at radius 1 is 1.06 bits per heavy atom. The SMILES string of the molecule is COc1cccc(-c2cc(C(C)(C)C)ncn2)c1. The van der Waals surface area contributed by atoms with Gasteiger partial charge in [-0.3, -0.25) is 0 Å². The van der Waals surface area contributed by atoms with Crippen molar-refractivity contribution in [2.24, 2.45) is 0 Å². The highest BCUT2D eigenvalue weighted by Crippen LogP contribution is 2.26. The standard InChI is InChI=1S/C15H18N2O/c1-15(2,3)14-9-13(16-10-17-14)11-6-5-7-12(8-11)18-4/h5-10H,1-4H3. The second-order valence-corrected chi connectivity index (χ2v) is 5.27. The Morgan fingerprint density at radius 2 is 1.83 bits per heavy atom. The fourth-order valence-electron chi connectivity index (χ4n) is 1.71. The summed E-state index contributed by atoms with van der Waals surface area (Å²) in [7, 11) is 1.67. The molecule has 0 aliphatic heterocycles. The molecule has 1 aromatic carbocycles. The molecule has 0 atom stereocenters. The summed E-state index contributed by atoms with van der Waals surface area (Å²) in [5.41, 5.74) is 3.03. The average molecular weight is 242 g/mol. The maximum atomic E-state index is 5.23. The monoisotopic (exact) mass is 242 g/mol. The fraction of sp³-hybridized carbons (Fsp3) is 0.333. The van der Waals surface area contributed by atoms with Gasteiger partial charge in [0.15, 0.2) is 0 Å². The number of benzene rings is 1. The molecule has 0 aliphatic carbocycles. The topological polar surface area (TPSA) is 35.0 Å². The fourth-order valence-corrected chi connectivity index (χ4v) is 1.71. The molecule has 3 heteroatoms. The molecule has 0 aliphatic rings. The normalized spacial score (nSPS) is 11.3. The summed E-state index contributed by atoms with van der Waals surface area (Å²) in [5, 5.41) is 0. The molecular formula is C15H18N2O. The third kappa shape index (κ3) is 2.67. The smallest absolute Gasteiger partial charge is 0.119 e. The molecule has 0 bridgehead atoms. The molecule has 2 aromatic rings. The van der Waals surface area contributed by atoms with E-state index in [-0.39, 0.29) is 5.41 Å². The zero-order valence-electron chi connectivity index (χ0n) is 11.3. The lowest BCUT2D eigenvalue weighted by atomic mass is 9.91. The third-order valence-corrected chi connectivity index (χ3v) is 2.80. The Labute approximate surface area is 108 Å². The first kappa shape index (κ1) is 12.6. The van der Waals surface area contributed by atoms with Gasteiger partial charge in [0.2, 0.25) is 0 Å². The second kappa shape index (κ2) is 4.77. The highest BCUT2D eigenvalue weighted by Gasteiger charge is 2.16. The summed E-state index contributed by atoms with van der Waals surface area (Å²) in [4.78, 5) is 8.67. The lowest BCUT2D eigenvalue weighted by Crippen LogP contribution is -2.13. The van der Waals surface area contributed by atoms with E-state index in [9.17, 15) is 0 Å². The molecule has 0 saturated carbocycles. The van der Waals surface area contributed by atoms with Crippen molar-refractivity contribution in [2.45, 2.75) is 26.2 Å². The predicted octanol–water partition coefficient (Wildman–Crippen LogP) is 3.45. The number of ether oxygens (including phenoxy) is 1. The number of methoxy groups -OCH3 is 1. The average Bonchev–Trinajstić information content (AvgIpc) is 2.38. The van der Waals surface area contributed by atoms with Gasteiger partial charge < -0.3 is 4.74 Å². The van der Waals surface area contributed by atoms with Gasteiger partial charge in [0.25, 0.3) is 0 Å². The Hall–Kier alpha value is -1.90. The minimum Gasteiger partial charge on any atom is -0.497 e. The molecule has 1 aromatic heterocycles. The van der Waals surface area contributed by atoms with Crippen LogP contribution in [0.4, 0.5) is 0 Å². The lowest BCUT2D eigenvalue weighted by molar-refractivity contribution is 0.415. The molecule has 3 nitrogen and oxygen atoms in total. The van der Waals surface area contributed by atoms with Crippen LogP contribution in [0.25, 0.3) is 11.3 Å². The van der Waals surface area contributed by atoms with Gasteiger partial charge in [0, 0.05) is 16.7 Å². The summed E-state index contributed by atoms with van der Waals surface area (Å²) in [6.45, 7) is 6.43. The molecular weight excluding hydrogens is 224 g/mol. The van der Waals surface area contributed by atoms with Gasteiger partial charge in [-0.2, -0.15) is 0 Å². The molecule has 0 fully saturated rings. The molecule has 2 rings (SSSR count). The largest absolute Gasteiger partial charge is 0.497 e. The van der Waals surface area contributed by atoms with Crippen molar-refractivity contribution < 1.29 is 4.74 Å². The van der Waals surface area contributed by atoms with Crippen LogP contribution < -0.4 is 4.74 Å². The van der Waals surface area contributed by atoms with Gasteiger partial charge in [-0.25, -0.2) is 9.97 Å². The maximum Gasteiger partial charge on any atom is 0.119 e. The summed E-state index contributed by atoms with van der Waals surface area (Å²) in [6.07, 6.45) is 1.62. The quantitative estimate of drug-likeness (QED) is 0.809. The zero-order valence-corrected chi connectivity index (χ0v) is 11.3. The highest BCUT2D eigenvalue weighted by molar-refractivity contribution is 5.61. The Balaban J connectivity index is 2.44. The van der Waals surface area contributed by atoms with E-state index in [4.69, 9.17) is 4.74 Å². The van der Waals surface area contributed by atoms with Crippen molar-refractivity contribution in [3.8, 4) is 17.0 Å². The van der Waals surface area contributed by atoms with Crippen molar-refractivity contribution in [3.05, 3.63) is 42.4 Å². The zero-order chi connectivity index (χ0) is 13.2. The maximum absolute atomic E-state index is 5.23. The van der Waals surface area contributed by atoms with Gasteiger partial charge in [0.1, 0.15) is 12.1 Å². The Bertz CT molecular complexity index is 544. The van der Waals surface area contributed by atoms with Crippen molar-refractivity contribution in [3.63, 3.8) is 0 Å². The summed E-state index contributed by atoms with van der Waals surface area (Å²) in [5.74, 6) is 0.837. The Morgan fingerprint density at radius 3 is 2.50 bits per heavy atom. The number of hydrogen-bond donors (Lipinski definition) is 0. The van der Waals surface area contributed by atoms with Crippen LogP contribution in [-0.4, -0.2) is 17.1 Å². The van der Waals surface area contributed by atoms with E-state index in [1.807, 2.05) is 30.3 Å². The van der Waals surface area contributed by atoms with Gasteiger partial charge in [-0.15, -0.1) is 0 Å².